The lowest BCUT2D eigenvalue weighted by atomic mass is 10.3. The van der Waals surface area contributed by atoms with E-state index >= 15 is 0 Å². The minimum atomic E-state index is 0.0322. The van der Waals surface area contributed by atoms with Gasteiger partial charge in [-0.1, -0.05) is 46.4 Å². The smallest absolute Gasteiger partial charge is 0.150 e. The highest BCUT2D eigenvalue weighted by Crippen LogP contribution is 2.33. The minimum absolute atomic E-state index is 0.0322. The Kier molecular flexibility index (Phi) is 4.62. The van der Waals surface area contributed by atoms with Crippen LogP contribution in [0.1, 0.15) is 17.8 Å². The molecule has 2 rings (SSSR count). The Morgan fingerprint density at radius 1 is 1.17 bits per heavy atom. The van der Waals surface area contributed by atoms with Crippen LogP contribution in [0.4, 0.5) is 5.82 Å². The van der Waals surface area contributed by atoms with Gasteiger partial charge >= 0.3 is 0 Å². The molecule has 2 aromatic heterocycles. The first-order chi connectivity index (χ1) is 8.47. The zero-order chi connectivity index (χ0) is 13.3. The molecule has 2 aromatic rings. The molecule has 2 heterocycles. The number of hydrogen-bond acceptors (Lipinski definition) is 3. The monoisotopic (exact) mass is 340 g/mol. The van der Waals surface area contributed by atoms with Crippen LogP contribution in [0.25, 0.3) is 0 Å². The van der Waals surface area contributed by atoms with Gasteiger partial charge in [0.2, 0.25) is 0 Å². The quantitative estimate of drug-likeness (QED) is 0.700. The van der Waals surface area contributed by atoms with Crippen LogP contribution in [0.3, 0.4) is 0 Å². The van der Waals surface area contributed by atoms with Crippen molar-refractivity contribution in [1.82, 2.24) is 4.98 Å². The summed E-state index contributed by atoms with van der Waals surface area (Å²) in [5.74, 6) is 0.503. The van der Waals surface area contributed by atoms with Crippen LogP contribution >= 0.6 is 57.7 Å². The molecule has 2 nitrogen and oxygen atoms in total. The van der Waals surface area contributed by atoms with E-state index in [1.165, 1.54) is 11.3 Å². The number of pyridine rings is 1. The Hall–Kier alpha value is -0.190. The molecule has 0 radical (unpaired) electrons. The lowest BCUT2D eigenvalue weighted by Crippen LogP contribution is -2.07. The molecule has 0 aromatic carbocycles. The zero-order valence-corrected chi connectivity index (χ0v) is 13.0. The predicted octanol–water partition coefficient (Wildman–Crippen LogP) is 5.93. The molecule has 0 bridgehead atoms. The maximum atomic E-state index is 6.05. The third-order valence-electron chi connectivity index (χ3n) is 2.26. The maximum absolute atomic E-state index is 6.05. The molecule has 0 saturated heterocycles. The van der Waals surface area contributed by atoms with Gasteiger partial charge in [0, 0.05) is 4.88 Å². The molecule has 0 fully saturated rings. The van der Waals surface area contributed by atoms with E-state index in [9.17, 15) is 0 Å². The van der Waals surface area contributed by atoms with Gasteiger partial charge in [-0.15, -0.1) is 11.3 Å². The number of anilines is 1. The predicted molar refractivity (Wildman–Crippen MR) is 80.6 cm³/mol. The first kappa shape index (κ1) is 14.2. The molecule has 1 atom stereocenters. The molecule has 0 amide bonds. The van der Waals surface area contributed by atoms with Crippen molar-refractivity contribution in [3.05, 3.63) is 42.6 Å². The Labute approximate surface area is 129 Å². The number of hydrogen-bond donors (Lipinski definition) is 1. The molecular weight excluding hydrogens is 334 g/mol. The first-order valence-electron chi connectivity index (χ1n) is 5.00. The average Bonchev–Trinajstić information content (AvgIpc) is 2.73. The number of thiophene rings is 1. The number of nitrogens with zero attached hydrogens (tertiary/aromatic N) is 1. The lowest BCUT2D eigenvalue weighted by molar-refractivity contribution is 0.897. The lowest BCUT2D eigenvalue weighted by Gasteiger charge is -2.14. The van der Waals surface area contributed by atoms with Crippen LogP contribution in [0, 0.1) is 0 Å². The van der Waals surface area contributed by atoms with E-state index in [0.717, 1.165) is 9.21 Å². The van der Waals surface area contributed by atoms with Gasteiger partial charge in [0.25, 0.3) is 0 Å². The summed E-state index contributed by atoms with van der Waals surface area (Å²) in [6, 6.07) is 5.40. The summed E-state index contributed by atoms with van der Waals surface area (Å²) in [6.07, 6.45) is 0. The summed E-state index contributed by atoms with van der Waals surface area (Å²) in [7, 11) is 0. The molecule has 7 heteroatoms. The van der Waals surface area contributed by atoms with Crippen molar-refractivity contribution in [3.8, 4) is 0 Å². The van der Waals surface area contributed by atoms with E-state index in [4.69, 9.17) is 46.4 Å². The molecule has 1 unspecified atom stereocenters. The average molecular weight is 342 g/mol. The van der Waals surface area contributed by atoms with Gasteiger partial charge in [0.05, 0.1) is 20.4 Å². The van der Waals surface area contributed by atoms with Crippen LogP contribution in [0.2, 0.25) is 19.5 Å². The van der Waals surface area contributed by atoms with Crippen molar-refractivity contribution in [1.29, 1.82) is 0 Å². The summed E-state index contributed by atoms with van der Waals surface area (Å²) >= 11 is 25.1. The molecule has 0 aliphatic rings. The zero-order valence-electron chi connectivity index (χ0n) is 9.18. The largest absolute Gasteiger partial charge is 0.361 e. The standard InChI is InChI=1S/C11H8Cl4N2S/c1-5(8-2-3-9(14)18-8)16-11-7(13)4-6(12)10(15)17-11/h2-5H,1H3,(H,16,17). The van der Waals surface area contributed by atoms with Crippen LogP contribution in [-0.2, 0) is 0 Å². The molecular formula is C11H8Cl4N2S. The highest BCUT2D eigenvalue weighted by molar-refractivity contribution is 7.16. The summed E-state index contributed by atoms with van der Waals surface area (Å²) in [5.41, 5.74) is 0. The summed E-state index contributed by atoms with van der Waals surface area (Å²) < 4.78 is 0.742. The van der Waals surface area contributed by atoms with Crippen molar-refractivity contribution in [2.24, 2.45) is 0 Å². The molecule has 1 N–H and O–H groups in total. The summed E-state index contributed by atoms with van der Waals surface area (Å²) in [4.78, 5) is 5.19. The van der Waals surface area contributed by atoms with Crippen LogP contribution in [0.15, 0.2) is 18.2 Å². The number of aromatic nitrogens is 1. The van der Waals surface area contributed by atoms with E-state index in [1.54, 1.807) is 6.07 Å². The molecule has 0 aliphatic carbocycles. The second kappa shape index (κ2) is 5.85. The Balaban J connectivity index is 2.21. The van der Waals surface area contributed by atoms with E-state index in [1.807, 2.05) is 19.1 Å². The van der Waals surface area contributed by atoms with Gasteiger partial charge in [0.15, 0.2) is 0 Å². The van der Waals surface area contributed by atoms with Crippen molar-refractivity contribution in [2.45, 2.75) is 13.0 Å². The molecule has 18 heavy (non-hydrogen) atoms. The Morgan fingerprint density at radius 2 is 1.89 bits per heavy atom. The van der Waals surface area contributed by atoms with E-state index < -0.39 is 0 Å². The van der Waals surface area contributed by atoms with E-state index in [0.29, 0.717) is 15.9 Å². The van der Waals surface area contributed by atoms with Crippen LogP contribution in [-0.4, -0.2) is 4.98 Å². The normalized spacial score (nSPS) is 12.5. The van der Waals surface area contributed by atoms with Crippen LogP contribution in [0.5, 0.6) is 0 Å². The van der Waals surface area contributed by atoms with Gasteiger partial charge in [-0.2, -0.15) is 0 Å². The van der Waals surface area contributed by atoms with Crippen molar-refractivity contribution < 1.29 is 0 Å². The van der Waals surface area contributed by atoms with Gasteiger partial charge in [-0.05, 0) is 25.1 Å². The van der Waals surface area contributed by atoms with Gasteiger partial charge in [0.1, 0.15) is 11.0 Å². The van der Waals surface area contributed by atoms with Crippen molar-refractivity contribution in [2.75, 3.05) is 5.32 Å². The Bertz CT molecular complexity index is 570. The third kappa shape index (κ3) is 3.22. The second-order valence-electron chi connectivity index (χ2n) is 3.60. The minimum Gasteiger partial charge on any atom is -0.361 e. The summed E-state index contributed by atoms with van der Waals surface area (Å²) in [6.45, 7) is 1.99. The highest BCUT2D eigenvalue weighted by atomic mass is 35.5. The first-order valence-corrected chi connectivity index (χ1v) is 7.33. The van der Waals surface area contributed by atoms with Crippen molar-refractivity contribution >= 4 is 63.6 Å². The van der Waals surface area contributed by atoms with E-state index in [-0.39, 0.29) is 11.2 Å². The van der Waals surface area contributed by atoms with Crippen LogP contribution < -0.4 is 5.32 Å². The Morgan fingerprint density at radius 3 is 2.50 bits per heavy atom. The SMILES string of the molecule is CC(Nc1nc(Cl)c(Cl)cc1Cl)c1ccc(Cl)s1. The topological polar surface area (TPSA) is 24.9 Å². The van der Waals surface area contributed by atoms with Crippen molar-refractivity contribution in [3.63, 3.8) is 0 Å². The third-order valence-corrected chi connectivity index (χ3v) is 4.64. The number of halogens is 4. The number of rotatable bonds is 3. The second-order valence-corrected chi connectivity index (χ2v) is 6.52. The molecule has 0 saturated carbocycles. The summed E-state index contributed by atoms with van der Waals surface area (Å²) in [5, 5.41) is 4.16. The molecule has 0 spiro atoms. The fraction of sp³-hybridized carbons (Fsp3) is 0.182. The van der Waals surface area contributed by atoms with Gasteiger partial charge in [-0.3, -0.25) is 0 Å². The fourth-order valence-corrected chi connectivity index (χ4v) is 3.00. The van der Waals surface area contributed by atoms with Gasteiger partial charge in [-0.25, -0.2) is 4.98 Å². The highest BCUT2D eigenvalue weighted by Gasteiger charge is 2.13. The maximum Gasteiger partial charge on any atom is 0.150 e. The fourth-order valence-electron chi connectivity index (χ4n) is 1.38. The molecule has 0 aliphatic heterocycles. The number of nitrogens with one attached hydrogen (secondary N) is 1. The molecule has 96 valence electrons. The van der Waals surface area contributed by atoms with E-state index in [2.05, 4.69) is 10.3 Å². The van der Waals surface area contributed by atoms with Gasteiger partial charge < -0.3 is 5.32 Å².